The van der Waals surface area contributed by atoms with Crippen LogP contribution in [-0.2, 0) is 43.9 Å². The summed E-state index contributed by atoms with van der Waals surface area (Å²) >= 11 is 5.14. The van der Waals surface area contributed by atoms with Crippen LogP contribution in [-0.4, -0.2) is 101 Å². The minimum Gasteiger partial charge on any atom is -0.382 e. The maximum atomic E-state index is 16.0. The fourth-order valence-electron chi connectivity index (χ4n) is 5.20. The molecule has 0 saturated carbocycles. The van der Waals surface area contributed by atoms with Gasteiger partial charge in [-0.1, -0.05) is 0 Å². The lowest BCUT2D eigenvalue weighted by atomic mass is 10.1. The van der Waals surface area contributed by atoms with Crippen LogP contribution in [0.2, 0.25) is 0 Å². The molecule has 2 radical (unpaired) electrons. The van der Waals surface area contributed by atoms with Crippen molar-refractivity contribution in [3.63, 3.8) is 0 Å². The first kappa shape index (κ1) is 29.9. The van der Waals surface area contributed by atoms with Gasteiger partial charge in [-0.2, -0.15) is 0 Å². The fourth-order valence-corrected chi connectivity index (χ4v) is 7.64. The maximum absolute atomic E-state index is 16.0. The summed E-state index contributed by atoms with van der Waals surface area (Å²) in [4.78, 5) is 34.9. The van der Waals surface area contributed by atoms with Crippen LogP contribution in [0.5, 0.6) is 0 Å². The van der Waals surface area contributed by atoms with Gasteiger partial charge in [-0.15, -0.1) is 0 Å². The minimum atomic E-state index is -4.57. The molecule has 0 aliphatic carbocycles. The molecule has 7 heterocycles. The SMILES string of the molecule is [B][P@@]1(=O)OC[C@H]2O[C@@H](n3cnc4c(N)ncnc43)C(F)C2OP(O)(=S)OC[C@H]2O[C@@H](n3cnc4c(N)ncnc43)C(F)C2O1. The lowest BCUT2D eigenvalue weighted by Crippen LogP contribution is -2.37. The second-order valence-corrected chi connectivity index (χ2v) is 14.3. The van der Waals surface area contributed by atoms with Crippen LogP contribution in [0.4, 0.5) is 20.4 Å². The molecule has 0 aromatic carbocycles. The molecule has 5 unspecified atom stereocenters. The summed E-state index contributed by atoms with van der Waals surface area (Å²) < 4.78 is 81.0. The Morgan fingerprint density at radius 3 is 1.84 bits per heavy atom. The third kappa shape index (κ3) is 5.18. The molecule has 24 heteroatoms. The van der Waals surface area contributed by atoms with Gasteiger partial charge in [-0.05, 0) is 11.8 Å². The van der Waals surface area contributed by atoms with Gasteiger partial charge in [0, 0.05) is 0 Å². The van der Waals surface area contributed by atoms with Crippen LogP contribution in [0, 0.1) is 0 Å². The number of nitrogens with two attached hydrogens (primary N) is 2. The Balaban J connectivity index is 1.17. The molecule has 5 N–H and O–H groups in total. The van der Waals surface area contributed by atoms with Gasteiger partial charge >= 0.3 is 6.72 Å². The summed E-state index contributed by atoms with van der Waals surface area (Å²) in [7, 11) is 1.26. The van der Waals surface area contributed by atoms with Crippen molar-refractivity contribution in [2.45, 2.75) is 49.2 Å². The number of aromatic nitrogens is 8. The van der Waals surface area contributed by atoms with E-state index in [4.69, 9.17) is 58.4 Å². The summed E-state index contributed by atoms with van der Waals surface area (Å²) in [5.74, 6) is 0.0968. The van der Waals surface area contributed by atoms with Gasteiger partial charge in [0.2, 0.25) is 7.57 Å². The first-order valence-electron chi connectivity index (χ1n) is 12.7. The van der Waals surface area contributed by atoms with E-state index in [0.29, 0.717) is 0 Å². The number of nitrogen functional groups attached to an aromatic ring is 2. The predicted molar refractivity (Wildman–Crippen MR) is 149 cm³/mol. The molecular weight excluding hydrogens is 651 g/mol. The highest BCUT2D eigenvalue weighted by Crippen LogP contribution is 2.54. The van der Waals surface area contributed by atoms with Crippen molar-refractivity contribution in [1.82, 2.24) is 39.0 Å². The van der Waals surface area contributed by atoms with E-state index < -0.39 is 76.6 Å². The van der Waals surface area contributed by atoms with Crippen molar-refractivity contribution in [2.75, 3.05) is 24.7 Å². The van der Waals surface area contributed by atoms with Gasteiger partial charge in [0.25, 0.3) is 7.47 Å². The van der Waals surface area contributed by atoms with E-state index in [-0.39, 0.29) is 34.0 Å². The van der Waals surface area contributed by atoms with Gasteiger partial charge in [0.1, 0.15) is 48.1 Å². The Kier molecular flexibility index (Phi) is 7.43. The van der Waals surface area contributed by atoms with Crippen LogP contribution in [0.1, 0.15) is 12.5 Å². The number of nitrogens with zero attached hydrogens (tertiary/aromatic N) is 8. The van der Waals surface area contributed by atoms with Gasteiger partial charge in [0.15, 0.2) is 47.7 Å². The zero-order valence-electron chi connectivity index (χ0n) is 22.0. The average Bonchev–Trinajstić information content (AvgIpc) is 3.73. The summed E-state index contributed by atoms with van der Waals surface area (Å²) in [5.41, 5.74) is 12.3. The largest absolute Gasteiger partial charge is 0.382 e. The number of anilines is 2. The Labute approximate surface area is 251 Å². The molecule has 3 aliphatic heterocycles. The third-order valence-electron chi connectivity index (χ3n) is 7.20. The zero-order chi connectivity index (χ0) is 31.0. The average molecular weight is 672 g/mol. The quantitative estimate of drug-likeness (QED) is 0.196. The highest BCUT2D eigenvalue weighted by molar-refractivity contribution is 8.07. The molecule has 232 valence electrons. The molecule has 44 heavy (non-hydrogen) atoms. The van der Waals surface area contributed by atoms with Crippen LogP contribution >= 0.6 is 14.2 Å². The molecule has 4 aromatic heterocycles. The van der Waals surface area contributed by atoms with E-state index in [2.05, 4.69) is 29.9 Å². The monoisotopic (exact) mass is 672 g/mol. The standard InChI is InChI=1S/C20H21BF2N10O8P2S/c21-42(34)36-1-7-14(10(23)20(38-7)33-6-31-12-16(25)27-4-29-18(12)33)41-43(35,44)37-2-8-13(40-42)9(22)19(39-8)32-5-30-11-15(24)26-3-28-17(11)32/h3-10,13-14,19-20H,1-2H2,(H,35,44)(H2,24,26,28)(H2,25,27,29)/t7-,8-,9?,10?,13?,14?,19-,20-,42-,43?/m1/s1. The Hall–Kier alpha value is -2.78. The molecule has 0 bridgehead atoms. The van der Waals surface area contributed by atoms with Crippen LogP contribution in [0.15, 0.2) is 25.3 Å². The second kappa shape index (κ2) is 10.9. The van der Waals surface area contributed by atoms with Crippen molar-refractivity contribution in [2.24, 2.45) is 0 Å². The van der Waals surface area contributed by atoms with E-state index in [1.165, 1.54) is 21.8 Å². The number of hydrogen-bond acceptors (Lipinski definition) is 16. The van der Waals surface area contributed by atoms with Crippen molar-refractivity contribution in [3.05, 3.63) is 25.3 Å². The summed E-state index contributed by atoms with van der Waals surface area (Å²) in [6.07, 6.45) is -8.19. The molecule has 3 fully saturated rings. The van der Waals surface area contributed by atoms with Crippen molar-refractivity contribution < 1.29 is 45.8 Å². The number of hydrogen-bond donors (Lipinski definition) is 3. The van der Waals surface area contributed by atoms with Gasteiger partial charge in [-0.3, -0.25) is 18.2 Å². The summed E-state index contributed by atoms with van der Waals surface area (Å²) in [6.45, 7) is -5.58. The highest BCUT2D eigenvalue weighted by atomic mass is 32.5. The number of halogens is 2. The van der Waals surface area contributed by atoms with Crippen LogP contribution < -0.4 is 11.5 Å². The fraction of sp³-hybridized carbons (Fsp3) is 0.500. The Morgan fingerprint density at radius 1 is 0.841 bits per heavy atom. The number of ether oxygens (including phenoxy) is 2. The van der Waals surface area contributed by atoms with E-state index in [1.54, 1.807) is 0 Å². The first-order chi connectivity index (χ1) is 20.9. The number of rotatable bonds is 2. The van der Waals surface area contributed by atoms with Crippen LogP contribution in [0.3, 0.4) is 0 Å². The van der Waals surface area contributed by atoms with E-state index >= 15 is 8.78 Å². The second-order valence-electron chi connectivity index (χ2n) is 9.92. The Bertz CT molecular complexity index is 1710. The lowest BCUT2D eigenvalue weighted by molar-refractivity contribution is -0.0566. The Morgan fingerprint density at radius 2 is 1.32 bits per heavy atom. The summed E-state index contributed by atoms with van der Waals surface area (Å²) in [6, 6.07) is 0. The van der Waals surface area contributed by atoms with E-state index in [9.17, 15) is 9.46 Å². The lowest BCUT2D eigenvalue weighted by Gasteiger charge is -2.29. The van der Waals surface area contributed by atoms with E-state index in [0.717, 1.165) is 12.7 Å². The smallest absolute Gasteiger partial charge is 0.325 e. The van der Waals surface area contributed by atoms with Crippen molar-refractivity contribution in [3.8, 4) is 0 Å². The molecule has 3 aliphatic rings. The number of alkyl halides is 2. The zero-order valence-corrected chi connectivity index (χ0v) is 24.6. The minimum absolute atomic E-state index is 0.0472. The topological polar surface area (TPSA) is 232 Å². The molecule has 4 aromatic rings. The third-order valence-corrected chi connectivity index (χ3v) is 9.81. The molecular formula is C20H21BF2N10O8P2S. The van der Waals surface area contributed by atoms with Crippen molar-refractivity contribution in [1.29, 1.82) is 0 Å². The molecule has 0 spiro atoms. The number of imidazole rings is 2. The summed E-state index contributed by atoms with van der Waals surface area (Å²) in [5, 5.41) is 0. The van der Waals surface area contributed by atoms with E-state index in [1.807, 2.05) is 0 Å². The van der Waals surface area contributed by atoms with Gasteiger partial charge in [0.05, 0.1) is 25.9 Å². The van der Waals surface area contributed by atoms with Gasteiger partial charge < -0.3 is 39.4 Å². The molecule has 0 amide bonds. The molecule has 7 rings (SSSR count). The number of fused-ring (bicyclic) bond motifs is 4. The normalized spacial score (nSPS) is 38.2. The van der Waals surface area contributed by atoms with Gasteiger partial charge in [-0.25, -0.2) is 38.7 Å². The highest BCUT2D eigenvalue weighted by Gasteiger charge is 2.53. The molecule has 10 atom stereocenters. The predicted octanol–water partition coefficient (Wildman–Crippen LogP) is 0.612. The van der Waals surface area contributed by atoms with Crippen molar-refractivity contribution >= 4 is 67.5 Å². The molecule has 18 nitrogen and oxygen atoms in total. The van der Waals surface area contributed by atoms with Crippen LogP contribution in [0.25, 0.3) is 22.3 Å². The first-order valence-corrected chi connectivity index (χ1v) is 16.9. The maximum Gasteiger partial charge on any atom is 0.325 e. The molecule has 3 saturated heterocycles.